The van der Waals surface area contributed by atoms with Gasteiger partial charge in [0.2, 0.25) is 0 Å². The number of nitrogens with zero attached hydrogens (tertiary/aromatic N) is 1. The van der Waals surface area contributed by atoms with Crippen molar-refractivity contribution in [2.45, 2.75) is 19.4 Å². The third kappa shape index (κ3) is 3.16. The predicted octanol–water partition coefficient (Wildman–Crippen LogP) is 4.11. The summed E-state index contributed by atoms with van der Waals surface area (Å²) in [5.41, 5.74) is 6.18. The normalized spacial score (nSPS) is 12.7. The molecule has 3 N–H and O–H groups in total. The first-order valence-electron chi connectivity index (χ1n) is 6.72. The van der Waals surface area contributed by atoms with Gasteiger partial charge in [0.05, 0.1) is 11.6 Å². The molecule has 0 saturated carbocycles. The van der Waals surface area contributed by atoms with Crippen LogP contribution in [-0.4, -0.2) is 4.98 Å². The summed E-state index contributed by atoms with van der Waals surface area (Å²) in [5, 5.41) is 3.25. The van der Waals surface area contributed by atoms with E-state index in [1.165, 1.54) is 10.4 Å². The fraction of sp³-hybridized carbons (Fsp3) is 0.188. The zero-order chi connectivity index (χ0) is 14.8. The average molecular weight is 362 g/mol. The molecule has 0 bridgehead atoms. The van der Waals surface area contributed by atoms with Crippen LogP contribution in [0, 0.1) is 6.92 Å². The van der Waals surface area contributed by atoms with E-state index >= 15 is 0 Å². The number of pyridine rings is 1. The molecule has 0 saturated heterocycles. The molecule has 1 unspecified atom stereocenters. The van der Waals surface area contributed by atoms with E-state index in [0.717, 1.165) is 27.5 Å². The van der Waals surface area contributed by atoms with Gasteiger partial charge in [0.25, 0.3) is 0 Å². The van der Waals surface area contributed by atoms with Crippen LogP contribution in [-0.2, 0) is 6.42 Å². The minimum absolute atomic E-state index is 0.0714. The Labute approximate surface area is 136 Å². The number of thiophene rings is 1. The van der Waals surface area contributed by atoms with Crippen LogP contribution in [0.15, 0.2) is 46.3 Å². The van der Waals surface area contributed by atoms with Gasteiger partial charge in [0, 0.05) is 32.2 Å². The van der Waals surface area contributed by atoms with Crippen molar-refractivity contribution >= 4 is 38.2 Å². The molecule has 21 heavy (non-hydrogen) atoms. The van der Waals surface area contributed by atoms with E-state index in [1.54, 1.807) is 11.3 Å². The fourth-order valence-electron chi connectivity index (χ4n) is 2.55. The Hall–Kier alpha value is -1.27. The van der Waals surface area contributed by atoms with Crippen molar-refractivity contribution < 1.29 is 0 Å². The standard InChI is InChI=1S/C16H16BrN3S/c1-10-6-14(13-4-2-3-5-15(13)19-10)16(20-18)8-12-7-11(17)9-21-12/h2-7,9,16,20H,8,18H2,1H3. The molecule has 0 fully saturated rings. The number of nitrogens with one attached hydrogen (secondary N) is 1. The highest BCUT2D eigenvalue weighted by molar-refractivity contribution is 9.10. The molecule has 2 heterocycles. The highest BCUT2D eigenvalue weighted by atomic mass is 79.9. The first kappa shape index (κ1) is 14.7. The molecule has 2 aromatic heterocycles. The van der Waals surface area contributed by atoms with Crippen LogP contribution in [0.25, 0.3) is 10.9 Å². The van der Waals surface area contributed by atoms with Crippen LogP contribution in [0.2, 0.25) is 0 Å². The quantitative estimate of drug-likeness (QED) is 0.542. The second-order valence-electron chi connectivity index (χ2n) is 5.02. The summed E-state index contributed by atoms with van der Waals surface area (Å²) in [5.74, 6) is 5.82. The third-order valence-electron chi connectivity index (χ3n) is 3.48. The topological polar surface area (TPSA) is 50.9 Å². The number of hydrazine groups is 1. The van der Waals surface area contributed by atoms with Gasteiger partial charge >= 0.3 is 0 Å². The molecule has 3 aromatic rings. The zero-order valence-corrected chi connectivity index (χ0v) is 14.0. The van der Waals surface area contributed by atoms with Gasteiger partial charge in [-0.3, -0.25) is 16.3 Å². The van der Waals surface area contributed by atoms with E-state index in [4.69, 9.17) is 5.84 Å². The van der Waals surface area contributed by atoms with Crippen molar-refractivity contribution in [1.82, 2.24) is 10.4 Å². The van der Waals surface area contributed by atoms with Gasteiger partial charge in [-0.2, -0.15) is 0 Å². The SMILES string of the molecule is Cc1cc(C(Cc2cc(Br)cs2)NN)c2ccccc2n1. The molecular formula is C16H16BrN3S. The molecule has 1 aromatic carbocycles. The minimum atomic E-state index is 0.0714. The predicted molar refractivity (Wildman–Crippen MR) is 92.3 cm³/mol. The highest BCUT2D eigenvalue weighted by Crippen LogP contribution is 2.29. The number of hydrogen-bond donors (Lipinski definition) is 2. The highest BCUT2D eigenvalue weighted by Gasteiger charge is 2.16. The molecule has 0 radical (unpaired) electrons. The summed E-state index contributed by atoms with van der Waals surface area (Å²) in [6.45, 7) is 2.02. The largest absolute Gasteiger partial charge is 0.271 e. The Morgan fingerprint density at radius 1 is 1.33 bits per heavy atom. The smallest absolute Gasteiger partial charge is 0.0708 e. The van der Waals surface area contributed by atoms with Crippen molar-refractivity contribution in [2.75, 3.05) is 0 Å². The van der Waals surface area contributed by atoms with Gasteiger partial charge in [-0.1, -0.05) is 18.2 Å². The van der Waals surface area contributed by atoms with Crippen LogP contribution in [0.3, 0.4) is 0 Å². The lowest BCUT2D eigenvalue weighted by Crippen LogP contribution is -2.29. The Morgan fingerprint density at radius 2 is 2.14 bits per heavy atom. The summed E-state index contributed by atoms with van der Waals surface area (Å²) in [7, 11) is 0. The lowest BCUT2D eigenvalue weighted by atomic mass is 9.98. The monoisotopic (exact) mass is 361 g/mol. The Bertz CT molecular complexity index is 769. The second kappa shape index (κ2) is 6.23. The lowest BCUT2D eigenvalue weighted by molar-refractivity contribution is 0.558. The molecule has 0 amide bonds. The van der Waals surface area contributed by atoms with E-state index < -0.39 is 0 Å². The maximum atomic E-state index is 5.82. The first-order chi connectivity index (χ1) is 10.2. The van der Waals surface area contributed by atoms with Crippen LogP contribution in [0.4, 0.5) is 0 Å². The number of halogens is 1. The molecular weight excluding hydrogens is 346 g/mol. The molecule has 1 atom stereocenters. The molecule has 108 valence electrons. The number of para-hydroxylation sites is 1. The maximum absolute atomic E-state index is 5.82. The number of aromatic nitrogens is 1. The van der Waals surface area contributed by atoms with Gasteiger partial charge in [-0.25, -0.2) is 0 Å². The lowest BCUT2D eigenvalue weighted by Gasteiger charge is -2.18. The van der Waals surface area contributed by atoms with Crippen molar-refractivity contribution in [3.63, 3.8) is 0 Å². The molecule has 0 aliphatic rings. The van der Waals surface area contributed by atoms with Gasteiger partial charge in [-0.15, -0.1) is 11.3 Å². The number of aryl methyl sites for hydroxylation is 1. The minimum Gasteiger partial charge on any atom is -0.271 e. The summed E-state index contributed by atoms with van der Waals surface area (Å²) in [6, 6.07) is 12.5. The van der Waals surface area contributed by atoms with Crippen LogP contribution < -0.4 is 11.3 Å². The number of benzene rings is 1. The van der Waals surface area contributed by atoms with Crippen LogP contribution >= 0.6 is 27.3 Å². The second-order valence-corrected chi connectivity index (χ2v) is 6.94. The zero-order valence-electron chi connectivity index (χ0n) is 11.6. The summed E-state index contributed by atoms with van der Waals surface area (Å²) >= 11 is 5.24. The van der Waals surface area contributed by atoms with Crippen molar-refractivity contribution in [3.8, 4) is 0 Å². The fourth-order valence-corrected chi connectivity index (χ4v) is 4.05. The molecule has 3 rings (SSSR count). The van der Waals surface area contributed by atoms with Crippen molar-refractivity contribution in [2.24, 2.45) is 5.84 Å². The maximum Gasteiger partial charge on any atom is 0.0708 e. The van der Waals surface area contributed by atoms with Gasteiger partial charge in [0.1, 0.15) is 0 Å². The van der Waals surface area contributed by atoms with E-state index in [-0.39, 0.29) is 6.04 Å². The van der Waals surface area contributed by atoms with E-state index in [2.05, 4.69) is 49.9 Å². The van der Waals surface area contributed by atoms with E-state index in [1.807, 2.05) is 25.1 Å². The molecule has 5 heteroatoms. The number of rotatable bonds is 4. The van der Waals surface area contributed by atoms with Gasteiger partial charge in [-0.05, 0) is 46.6 Å². The Balaban J connectivity index is 2.04. The molecule has 3 nitrogen and oxygen atoms in total. The van der Waals surface area contributed by atoms with Crippen LogP contribution in [0.1, 0.15) is 22.2 Å². The summed E-state index contributed by atoms with van der Waals surface area (Å²) in [4.78, 5) is 5.89. The molecule has 0 aliphatic carbocycles. The Kier molecular flexibility index (Phi) is 4.35. The number of nitrogens with two attached hydrogens (primary N) is 1. The van der Waals surface area contributed by atoms with Crippen molar-refractivity contribution in [1.29, 1.82) is 0 Å². The summed E-state index contributed by atoms with van der Waals surface area (Å²) in [6.07, 6.45) is 0.861. The number of fused-ring (bicyclic) bond motifs is 1. The first-order valence-corrected chi connectivity index (χ1v) is 8.40. The van der Waals surface area contributed by atoms with Crippen LogP contribution in [0.5, 0.6) is 0 Å². The van der Waals surface area contributed by atoms with Gasteiger partial charge < -0.3 is 0 Å². The summed E-state index contributed by atoms with van der Waals surface area (Å²) < 4.78 is 1.12. The third-order valence-corrected chi connectivity index (χ3v) is 5.20. The average Bonchev–Trinajstić information content (AvgIpc) is 2.89. The molecule has 0 aliphatic heterocycles. The van der Waals surface area contributed by atoms with E-state index in [0.29, 0.717) is 0 Å². The molecule has 0 spiro atoms. The van der Waals surface area contributed by atoms with Gasteiger partial charge in [0.15, 0.2) is 0 Å². The number of hydrogen-bond acceptors (Lipinski definition) is 4. The van der Waals surface area contributed by atoms with Crippen molar-refractivity contribution in [3.05, 3.63) is 62.4 Å². The Morgan fingerprint density at radius 3 is 2.86 bits per heavy atom. The van der Waals surface area contributed by atoms with E-state index in [9.17, 15) is 0 Å².